The normalized spacial score (nSPS) is 13.5. The van der Waals surface area contributed by atoms with Crippen molar-refractivity contribution in [2.75, 3.05) is 45.1 Å². The predicted molar refractivity (Wildman–Crippen MR) is 132 cm³/mol. The molecule has 3 aromatic rings. The van der Waals surface area contributed by atoms with E-state index in [4.69, 9.17) is 9.47 Å². The second-order valence-electron chi connectivity index (χ2n) is 8.27. The molecule has 3 heterocycles. The average molecular weight is 474 g/mol. The molecule has 2 N–H and O–H groups in total. The number of amides is 1. The minimum absolute atomic E-state index is 0.201. The van der Waals surface area contributed by atoms with Gasteiger partial charge in [-0.2, -0.15) is 10.2 Å². The van der Waals surface area contributed by atoms with Crippen molar-refractivity contribution in [1.82, 2.24) is 19.9 Å². The van der Waals surface area contributed by atoms with Crippen LogP contribution < -0.4 is 15.4 Å². The number of hydrogen-bond acceptors (Lipinski definition) is 9. The Labute approximate surface area is 203 Å². The van der Waals surface area contributed by atoms with Crippen LogP contribution in [0.5, 0.6) is 5.88 Å². The Morgan fingerprint density at radius 1 is 1.14 bits per heavy atom. The number of benzene rings is 1. The maximum absolute atomic E-state index is 12.3. The van der Waals surface area contributed by atoms with Crippen molar-refractivity contribution in [3.05, 3.63) is 53.9 Å². The van der Waals surface area contributed by atoms with Gasteiger partial charge in [0.15, 0.2) is 0 Å². The van der Waals surface area contributed by atoms with Gasteiger partial charge in [0.05, 0.1) is 24.1 Å². The first-order valence-electron chi connectivity index (χ1n) is 11.2. The van der Waals surface area contributed by atoms with Crippen LogP contribution in [0.3, 0.4) is 0 Å². The number of rotatable bonds is 7. The fraction of sp³-hybridized carbons (Fsp3) is 0.320. The van der Waals surface area contributed by atoms with Gasteiger partial charge in [0.25, 0.3) is 5.91 Å². The Hall–Kier alpha value is -4.23. The molecule has 1 aliphatic rings. The van der Waals surface area contributed by atoms with E-state index in [0.29, 0.717) is 34.5 Å². The summed E-state index contributed by atoms with van der Waals surface area (Å²) >= 11 is 0. The number of pyridine rings is 1. The van der Waals surface area contributed by atoms with Crippen LogP contribution in [0.4, 0.5) is 17.3 Å². The molecular weight excluding hydrogens is 446 g/mol. The second-order valence-corrected chi connectivity index (χ2v) is 8.27. The zero-order chi connectivity index (χ0) is 24.8. The molecular formula is C25H27N7O3. The van der Waals surface area contributed by atoms with Gasteiger partial charge < -0.3 is 25.0 Å². The lowest BCUT2D eigenvalue weighted by Gasteiger charge is -2.24. The van der Waals surface area contributed by atoms with Crippen LogP contribution in [0.15, 0.2) is 42.7 Å². The Balaban J connectivity index is 1.54. The molecule has 0 unspecified atom stereocenters. The molecule has 0 radical (unpaired) electrons. The molecule has 35 heavy (non-hydrogen) atoms. The smallest absolute Gasteiger partial charge is 0.258 e. The molecule has 0 spiro atoms. The summed E-state index contributed by atoms with van der Waals surface area (Å²) in [6.07, 6.45) is 3.27. The summed E-state index contributed by atoms with van der Waals surface area (Å²) in [5, 5.41) is 16.3. The summed E-state index contributed by atoms with van der Waals surface area (Å²) in [6, 6.07) is 13.3. The van der Waals surface area contributed by atoms with Gasteiger partial charge in [0.2, 0.25) is 5.88 Å². The number of nitrogens with zero attached hydrogens (tertiary/aromatic N) is 5. The van der Waals surface area contributed by atoms with Crippen LogP contribution in [-0.2, 0) is 4.74 Å². The number of hydrogen-bond donors (Lipinski definition) is 2. The molecule has 0 saturated carbocycles. The van der Waals surface area contributed by atoms with Crippen molar-refractivity contribution in [3.63, 3.8) is 0 Å². The minimum atomic E-state index is -0.201. The zero-order valence-corrected chi connectivity index (χ0v) is 19.9. The molecule has 0 bridgehead atoms. The first-order chi connectivity index (χ1) is 17.0. The Kier molecular flexibility index (Phi) is 7.38. The molecule has 1 amide bonds. The Bertz CT molecular complexity index is 1250. The molecule has 1 aromatic carbocycles. The van der Waals surface area contributed by atoms with E-state index in [1.807, 2.05) is 18.2 Å². The summed E-state index contributed by atoms with van der Waals surface area (Å²) in [6.45, 7) is 1.45. The van der Waals surface area contributed by atoms with Gasteiger partial charge in [-0.25, -0.2) is 9.97 Å². The van der Waals surface area contributed by atoms with Gasteiger partial charge in [-0.15, -0.1) is 0 Å². The van der Waals surface area contributed by atoms with Crippen LogP contribution in [-0.4, -0.2) is 66.2 Å². The molecule has 1 aliphatic heterocycles. The van der Waals surface area contributed by atoms with Crippen molar-refractivity contribution in [1.29, 1.82) is 5.26 Å². The maximum Gasteiger partial charge on any atom is 0.258 e. The SMILES string of the molecule is COc1nc(Nc2cc(-c3ccc(NC4CCOCC4)c(C#N)c3)ncn2)ccc1C(=O)N(C)C. The molecule has 4 rings (SSSR count). The highest BCUT2D eigenvalue weighted by atomic mass is 16.5. The fourth-order valence-electron chi connectivity index (χ4n) is 3.77. The molecule has 10 heteroatoms. The third-order valence-corrected chi connectivity index (χ3v) is 5.63. The summed E-state index contributed by atoms with van der Waals surface area (Å²) in [7, 11) is 4.80. The average Bonchev–Trinajstić information content (AvgIpc) is 2.89. The third-order valence-electron chi connectivity index (χ3n) is 5.63. The van der Waals surface area contributed by atoms with E-state index in [1.54, 1.807) is 32.3 Å². The van der Waals surface area contributed by atoms with Crippen molar-refractivity contribution >= 4 is 23.2 Å². The monoisotopic (exact) mass is 473 g/mol. The van der Waals surface area contributed by atoms with Crippen molar-refractivity contribution < 1.29 is 14.3 Å². The largest absolute Gasteiger partial charge is 0.480 e. The van der Waals surface area contributed by atoms with Crippen LogP contribution in [0.1, 0.15) is 28.8 Å². The van der Waals surface area contributed by atoms with Gasteiger partial charge in [-0.3, -0.25) is 4.79 Å². The van der Waals surface area contributed by atoms with E-state index in [-0.39, 0.29) is 11.8 Å². The van der Waals surface area contributed by atoms with E-state index in [9.17, 15) is 10.1 Å². The second kappa shape index (κ2) is 10.8. The number of carbonyl (C=O) groups excluding carboxylic acids is 1. The van der Waals surface area contributed by atoms with Crippen LogP contribution >= 0.6 is 0 Å². The number of aromatic nitrogens is 3. The summed E-state index contributed by atoms with van der Waals surface area (Å²) < 4.78 is 10.7. The molecule has 0 aliphatic carbocycles. The molecule has 0 atom stereocenters. The maximum atomic E-state index is 12.3. The zero-order valence-electron chi connectivity index (χ0n) is 19.9. The highest BCUT2D eigenvalue weighted by Gasteiger charge is 2.17. The number of carbonyl (C=O) groups is 1. The summed E-state index contributed by atoms with van der Waals surface area (Å²) in [5.41, 5.74) is 3.17. The minimum Gasteiger partial charge on any atom is -0.480 e. The van der Waals surface area contributed by atoms with Gasteiger partial charge in [0, 0.05) is 45.0 Å². The summed E-state index contributed by atoms with van der Waals surface area (Å²) in [5.74, 6) is 0.997. The number of nitrogens with one attached hydrogen (secondary N) is 2. The number of ether oxygens (including phenoxy) is 2. The fourth-order valence-corrected chi connectivity index (χ4v) is 3.77. The third kappa shape index (κ3) is 5.65. The van der Waals surface area contributed by atoms with Crippen LogP contribution in [0.2, 0.25) is 0 Å². The number of nitriles is 1. The molecule has 1 saturated heterocycles. The van der Waals surface area contributed by atoms with Gasteiger partial charge in [-0.1, -0.05) is 6.07 Å². The Morgan fingerprint density at radius 2 is 1.94 bits per heavy atom. The van der Waals surface area contributed by atoms with E-state index in [2.05, 4.69) is 31.7 Å². The standard InChI is InChI=1S/C25H27N7O3/c1-32(2)25(33)19-5-7-22(31-24(19)34-3)30-23-13-21(27-15-28-23)16-4-6-20(17(12-16)14-26)29-18-8-10-35-11-9-18/h4-7,12-13,15,18,29H,8-11H2,1-3H3,(H,27,28,30,31). The summed E-state index contributed by atoms with van der Waals surface area (Å²) in [4.78, 5) is 26.8. The van der Waals surface area contributed by atoms with Gasteiger partial charge in [-0.05, 0) is 37.1 Å². The van der Waals surface area contributed by atoms with Crippen molar-refractivity contribution in [2.24, 2.45) is 0 Å². The van der Waals surface area contributed by atoms with Crippen LogP contribution in [0.25, 0.3) is 11.3 Å². The van der Waals surface area contributed by atoms with Gasteiger partial charge in [0.1, 0.15) is 29.6 Å². The molecule has 10 nitrogen and oxygen atoms in total. The van der Waals surface area contributed by atoms with Crippen LogP contribution in [0, 0.1) is 11.3 Å². The van der Waals surface area contributed by atoms with Crippen molar-refractivity contribution in [2.45, 2.75) is 18.9 Å². The number of methoxy groups -OCH3 is 1. The molecule has 1 fully saturated rings. The lowest BCUT2D eigenvalue weighted by Crippen LogP contribution is -2.28. The predicted octanol–water partition coefficient (Wildman–Crippen LogP) is 3.46. The first-order valence-corrected chi connectivity index (χ1v) is 11.2. The molecule has 180 valence electrons. The van der Waals surface area contributed by atoms with Crippen molar-refractivity contribution in [3.8, 4) is 23.2 Å². The highest BCUT2D eigenvalue weighted by molar-refractivity contribution is 5.96. The highest BCUT2D eigenvalue weighted by Crippen LogP contribution is 2.27. The van der Waals surface area contributed by atoms with E-state index in [1.165, 1.54) is 18.3 Å². The van der Waals surface area contributed by atoms with E-state index >= 15 is 0 Å². The lowest BCUT2D eigenvalue weighted by molar-refractivity contribution is 0.0823. The Morgan fingerprint density at radius 3 is 2.66 bits per heavy atom. The lowest BCUT2D eigenvalue weighted by atomic mass is 10.0. The van der Waals surface area contributed by atoms with Gasteiger partial charge >= 0.3 is 0 Å². The topological polar surface area (TPSA) is 125 Å². The van der Waals surface area contributed by atoms with E-state index in [0.717, 1.165) is 37.3 Å². The number of anilines is 3. The first kappa shape index (κ1) is 23.9. The molecule has 2 aromatic heterocycles. The quantitative estimate of drug-likeness (QED) is 0.530. The van der Waals surface area contributed by atoms with E-state index < -0.39 is 0 Å².